The van der Waals surface area contributed by atoms with Crippen LogP contribution >= 0.6 is 0 Å². The molecule has 2 heterocycles. The number of fused-ring (bicyclic) bond motifs is 1. The molecule has 2 aromatic rings. The number of aliphatic imine (C=N–C) groups is 1. The molecule has 1 saturated heterocycles. The van der Waals surface area contributed by atoms with Gasteiger partial charge in [-0.2, -0.15) is 0 Å². The van der Waals surface area contributed by atoms with Crippen LogP contribution < -0.4 is 16.0 Å². The van der Waals surface area contributed by atoms with Crippen LogP contribution in [0.2, 0.25) is 0 Å². The van der Waals surface area contributed by atoms with Gasteiger partial charge in [0.05, 0.1) is 12.7 Å². The van der Waals surface area contributed by atoms with Gasteiger partial charge in [-0.15, -0.1) is 0 Å². The van der Waals surface area contributed by atoms with Crippen molar-refractivity contribution in [3.8, 4) is 0 Å². The van der Waals surface area contributed by atoms with E-state index >= 15 is 0 Å². The van der Waals surface area contributed by atoms with Crippen molar-refractivity contribution >= 4 is 41.4 Å². The number of aliphatic hydroxyl groups excluding tert-OH is 1. The molecule has 0 aliphatic carbocycles. The first-order valence-corrected chi connectivity index (χ1v) is 15.0. The number of carboxylic acids is 1. The third-order valence-electron chi connectivity index (χ3n) is 7.66. The lowest BCUT2D eigenvalue weighted by atomic mass is 9.93. The van der Waals surface area contributed by atoms with E-state index in [0.717, 1.165) is 11.1 Å². The smallest absolute Gasteiger partial charge is 0.303 e. The van der Waals surface area contributed by atoms with Crippen molar-refractivity contribution in [3.05, 3.63) is 59.2 Å². The number of carbonyl (C=O) groups is 4. The molecule has 0 radical (unpaired) electrons. The first kappa shape index (κ1) is 34.2. The molecule has 0 aromatic heterocycles. The lowest BCUT2D eigenvalue weighted by molar-refractivity contribution is -0.138. The van der Waals surface area contributed by atoms with Crippen LogP contribution in [0.4, 0.5) is 11.4 Å². The van der Waals surface area contributed by atoms with Crippen LogP contribution in [0.3, 0.4) is 0 Å². The van der Waals surface area contributed by atoms with Crippen LogP contribution in [0, 0.1) is 5.92 Å². The average molecular weight is 610 g/mol. The van der Waals surface area contributed by atoms with Gasteiger partial charge in [0.25, 0.3) is 11.8 Å². The molecule has 0 bridgehead atoms. The number of hydrogen-bond acceptors (Lipinski definition) is 8. The van der Waals surface area contributed by atoms with Crippen LogP contribution in [0.5, 0.6) is 0 Å². The number of piperidine rings is 1. The average Bonchev–Trinajstić information content (AvgIpc) is 3.03. The zero-order valence-electron chi connectivity index (χ0n) is 25.6. The second-order valence-corrected chi connectivity index (χ2v) is 10.6. The Morgan fingerprint density at radius 1 is 1.18 bits per heavy atom. The highest BCUT2D eigenvalue weighted by Crippen LogP contribution is 2.24. The summed E-state index contributed by atoms with van der Waals surface area (Å²) in [5.74, 6) is -1.09. The molecule has 2 aliphatic heterocycles. The van der Waals surface area contributed by atoms with Gasteiger partial charge in [0.1, 0.15) is 5.84 Å². The number of aliphatic carboxylic acids is 1. The minimum absolute atomic E-state index is 0.0387. The predicted octanol–water partition coefficient (Wildman–Crippen LogP) is 2.67. The van der Waals surface area contributed by atoms with Crippen LogP contribution in [0.1, 0.15) is 61.5 Å². The van der Waals surface area contributed by atoms with E-state index in [1.807, 2.05) is 19.9 Å². The Morgan fingerprint density at radius 3 is 2.59 bits per heavy atom. The number of ether oxygens (including phenoxy) is 1. The number of amides is 3. The van der Waals surface area contributed by atoms with Crippen molar-refractivity contribution in [3.63, 3.8) is 0 Å². The Balaban J connectivity index is 0.00000259. The molecule has 5 N–H and O–H groups in total. The second-order valence-electron chi connectivity index (χ2n) is 10.6. The molecule has 2 atom stereocenters. The molecule has 1 unspecified atom stereocenters. The Kier molecular flexibility index (Phi) is 12.8. The van der Waals surface area contributed by atoms with Gasteiger partial charge in [0.15, 0.2) is 6.10 Å². The van der Waals surface area contributed by atoms with Crippen molar-refractivity contribution in [1.29, 1.82) is 0 Å². The molecule has 4 rings (SSSR count). The maximum Gasteiger partial charge on any atom is 0.303 e. The van der Waals surface area contributed by atoms with E-state index in [-0.39, 0.29) is 31.4 Å². The highest BCUT2D eigenvalue weighted by Gasteiger charge is 2.26. The van der Waals surface area contributed by atoms with E-state index in [0.29, 0.717) is 68.1 Å². The Labute approximate surface area is 257 Å². The van der Waals surface area contributed by atoms with E-state index in [1.165, 1.54) is 4.90 Å². The number of likely N-dealkylation sites (tertiary alicyclic amines) is 1. The van der Waals surface area contributed by atoms with Crippen LogP contribution in [-0.2, 0) is 25.5 Å². The SMILES string of the molecule is CC.C[C@H](OCCN(C=O)c1cccc(C(=O)N2CCC(CC(=O)O)CC2)c1)C(O)C(=O)Nc1ccc2c(c1)CCN=C2N. The number of hydrogen-bond donors (Lipinski definition) is 4. The number of amidine groups is 1. The summed E-state index contributed by atoms with van der Waals surface area (Å²) in [6.45, 7) is 7.28. The Morgan fingerprint density at radius 2 is 1.91 bits per heavy atom. The summed E-state index contributed by atoms with van der Waals surface area (Å²) >= 11 is 0. The number of benzene rings is 2. The van der Waals surface area contributed by atoms with Crippen molar-refractivity contribution in [2.24, 2.45) is 16.6 Å². The number of nitrogens with one attached hydrogen (secondary N) is 1. The highest BCUT2D eigenvalue weighted by molar-refractivity contribution is 6.01. The van der Waals surface area contributed by atoms with Gasteiger partial charge in [-0.1, -0.05) is 19.9 Å². The van der Waals surface area contributed by atoms with Gasteiger partial charge in [-0.25, -0.2) is 0 Å². The third-order valence-corrected chi connectivity index (χ3v) is 7.66. The molecule has 238 valence electrons. The fourth-order valence-electron chi connectivity index (χ4n) is 5.20. The van der Waals surface area contributed by atoms with Gasteiger partial charge < -0.3 is 35.8 Å². The Hall–Kier alpha value is -4.29. The van der Waals surface area contributed by atoms with Gasteiger partial charge in [-0.3, -0.25) is 24.2 Å². The van der Waals surface area contributed by atoms with E-state index in [9.17, 15) is 24.3 Å². The third kappa shape index (κ3) is 9.10. The minimum Gasteiger partial charge on any atom is -0.481 e. The summed E-state index contributed by atoms with van der Waals surface area (Å²) in [6.07, 6.45) is 0.416. The maximum atomic E-state index is 13.1. The highest BCUT2D eigenvalue weighted by atomic mass is 16.5. The summed E-state index contributed by atoms with van der Waals surface area (Å²) in [5, 5.41) is 22.2. The molecule has 0 spiro atoms. The number of rotatable bonds is 12. The van der Waals surface area contributed by atoms with Crippen molar-refractivity contribution < 1.29 is 34.1 Å². The number of nitrogens with two attached hydrogens (primary N) is 1. The fraction of sp³-hybridized carbons (Fsp3) is 0.469. The molecule has 44 heavy (non-hydrogen) atoms. The van der Waals surface area contributed by atoms with E-state index in [1.54, 1.807) is 48.2 Å². The fourth-order valence-corrected chi connectivity index (χ4v) is 5.20. The van der Waals surface area contributed by atoms with Crippen molar-refractivity contribution in [2.45, 2.75) is 58.7 Å². The zero-order valence-corrected chi connectivity index (χ0v) is 25.6. The van der Waals surface area contributed by atoms with Gasteiger partial charge in [0.2, 0.25) is 6.41 Å². The lowest BCUT2D eigenvalue weighted by Gasteiger charge is -2.31. The standard InChI is InChI=1S/C30H37N5O7.C2H6/c1-19(27(39)29(40)33-23-5-6-25-21(16-23)7-10-32-28(25)31)42-14-13-35(18-36)24-4-2-3-22(17-24)30(41)34-11-8-20(9-12-34)15-26(37)38;1-2/h2-6,16-20,27,39H,7-15H2,1H3,(H2,31,32)(H,33,40)(H,37,38);1-2H3/t19-,27?;/m0./s1. The topological polar surface area (TPSA) is 175 Å². The Bertz CT molecular complexity index is 1340. The summed E-state index contributed by atoms with van der Waals surface area (Å²) in [6, 6.07) is 12.0. The molecule has 3 amide bonds. The quantitative estimate of drug-likeness (QED) is 0.266. The number of carboxylic acid groups (broad SMARTS) is 1. The summed E-state index contributed by atoms with van der Waals surface area (Å²) in [5.41, 5.74) is 9.19. The number of carbonyl (C=O) groups excluding carboxylic acids is 3. The van der Waals surface area contributed by atoms with E-state index in [4.69, 9.17) is 15.6 Å². The summed E-state index contributed by atoms with van der Waals surface area (Å²) in [7, 11) is 0. The molecule has 12 heteroatoms. The largest absolute Gasteiger partial charge is 0.481 e. The minimum atomic E-state index is -1.45. The normalized spacial score (nSPS) is 15.9. The second kappa shape index (κ2) is 16.5. The molecule has 1 fully saturated rings. The van der Waals surface area contributed by atoms with Gasteiger partial charge >= 0.3 is 5.97 Å². The lowest BCUT2D eigenvalue weighted by Crippen LogP contribution is -2.39. The van der Waals surface area contributed by atoms with E-state index < -0.39 is 24.1 Å². The van der Waals surface area contributed by atoms with Gasteiger partial charge in [-0.05, 0) is 74.1 Å². The molecule has 2 aliphatic rings. The van der Waals surface area contributed by atoms with Crippen LogP contribution in [0.15, 0.2) is 47.5 Å². The monoisotopic (exact) mass is 609 g/mol. The molecular weight excluding hydrogens is 566 g/mol. The van der Waals surface area contributed by atoms with Crippen LogP contribution in [-0.4, -0.2) is 90.1 Å². The summed E-state index contributed by atoms with van der Waals surface area (Å²) in [4.78, 5) is 55.8. The number of anilines is 2. The number of aliphatic hydroxyl groups is 1. The van der Waals surface area contributed by atoms with Gasteiger partial charge in [0, 0.05) is 55.1 Å². The molecule has 0 saturated carbocycles. The van der Waals surface area contributed by atoms with Crippen molar-refractivity contribution in [1.82, 2.24) is 4.90 Å². The first-order valence-electron chi connectivity index (χ1n) is 15.0. The first-order chi connectivity index (χ1) is 21.2. The van der Waals surface area contributed by atoms with Crippen molar-refractivity contribution in [2.75, 3.05) is 43.0 Å². The van der Waals surface area contributed by atoms with Crippen LogP contribution in [0.25, 0.3) is 0 Å². The predicted molar refractivity (Wildman–Crippen MR) is 168 cm³/mol. The van der Waals surface area contributed by atoms with E-state index in [2.05, 4.69) is 10.3 Å². The molecular formula is C32H43N5O7. The molecule has 12 nitrogen and oxygen atoms in total. The zero-order chi connectivity index (χ0) is 32.2. The summed E-state index contributed by atoms with van der Waals surface area (Å²) < 4.78 is 5.67. The maximum absolute atomic E-state index is 13.1. The number of nitrogens with zero attached hydrogens (tertiary/aromatic N) is 3. The molecule has 2 aromatic carbocycles.